The second-order valence-corrected chi connectivity index (χ2v) is 9.29. The van der Waals surface area contributed by atoms with Crippen molar-refractivity contribution >= 4 is 18.2 Å². The molecule has 0 radical (unpaired) electrons. The van der Waals surface area contributed by atoms with E-state index in [1.165, 1.54) is 21.3 Å². The Bertz CT molecular complexity index is 775. The Morgan fingerprint density at radius 3 is 1.97 bits per heavy atom. The number of nitrogens with zero attached hydrogens (tertiary/aromatic N) is 1. The van der Waals surface area contributed by atoms with Gasteiger partial charge in [0.2, 0.25) is 0 Å². The van der Waals surface area contributed by atoms with E-state index in [4.69, 9.17) is 23.7 Å². The fraction of sp³-hybridized carbons (Fsp3) is 0.550. The zero-order valence-corrected chi connectivity index (χ0v) is 20.7. The van der Waals surface area contributed by atoms with Crippen LogP contribution in [0.15, 0.2) is 12.1 Å². The second-order valence-electron chi connectivity index (χ2n) is 7.05. The van der Waals surface area contributed by atoms with Gasteiger partial charge in [-0.2, -0.15) is 0 Å². The SMILES string of the molecule is COC(=O)C(Cc1cc(OC)c(OC)cc1[I-]C)N(C(=O)OC)C(=O)OC(C)(C)C. The molecular formula is C20H29INO8-. The molecule has 9 nitrogen and oxygen atoms in total. The van der Waals surface area contributed by atoms with E-state index in [-0.39, 0.29) is 6.42 Å². The zero-order chi connectivity index (χ0) is 23.1. The van der Waals surface area contributed by atoms with Crippen LogP contribution in [0.25, 0.3) is 0 Å². The third-order valence-electron chi connectivity index (χ3n) is 3.92. The van der Waals surface area contributed by atoms with Crippen LogP contribution in [0.5, 0.6) is 11.5 Å². The van der Waals surface area contributed by atoms with Gasteiger partial charge in [0.05, 0.1) is 0 Å². The molecular weight excluding hydrogens is 509 g/mol. The Balaban J connectivity index is 3.48. The maximum atomic E-state index is 12.7. The Labute approximate surface area is 187 Å². The van der Waals surface area contributed by atoms with E-state index in [1.54, 1.807) is 26.8 Å². The summed E-state index contributed by atoms with van der Waals surface area (Å²) in [6.07, 6.45) is -2.02. The second kappa shape index (κ2) is 11.2. The van der Waals surface area contributed by atoms with Crippen LogP contribution in [0.2, 0.25) is 0 Å². The van der Waals surface area contributed by atoms with E-state index in [9.17, 15) is 14.4 Å². The molecule has 2 amide bonds. The molecule has 0 spiro atoms. The Kier molecular flexibility index (Phi) is 9.66. The summed E-state index contributed by atoms with van der Waals surface area (Å²) in [7, 11) is 5.34. The topological polar surface area (TPSA) is 101 Å². The average molecular weight is 538 g/mol. The summed E-state index contributed by atoms with van der Waals surface area (Å²) < 4.78 is 26.6. The van der Waals surface area contributed by atoms with Gasteiger partial charge in [0.25, 0.3) is 0 Å². The third kappa shape index (κ3) is 6.64. The van der Waals surface area contributed by atoms with Gasteiger partial charge in [-0.05, 0) is 0 Å². The van der Waals surface area contributed by atoms with Crippen LogP contribution < -0.4 is 30.7 Å². The number of amides is 2. The van der Waals surface area contributed by atoms with Crippen LogP contribution >= 0.6 is 0 Å². The van der Waals surface area contributed by atoms with Crippen molar-refractivity contribution in [1.82, 2.24) is 4.90 Å². The number of rotatable bonds is 7. The van der Waals surface area contributed by atoms with Crippen molar-refractivity contribution in [2.75, 3.05) is 33.4 Å². The molecule has 170 valence electrons. The van der Waals surface area contributed by atoms with Crippen LogP contribution in [0.4, 0.5) is 9.59 Å². The normalized spacial score (nSPS) is 12.0. The van der Waals surface area contributed by atoms with Crippen molar-refractivity contribution < 1.29 is 59.3 Å². The number of hydrogen-bond acceptors (Lipinski definition) is 8. The summed E-state index contributed by atoms with van der Waals surface area (Å²) in [5.41, 5.74) is -0.149. The summed E-state index contributed by atoms with van der Waals surface area (Å²) in [5, 5.41) is 0. The average Bonchev–Trinajstić information content (AvgIpc) is 2.70. The van der Waals surface area contributed by atoms with E-state index >= 15 is 0 Å². The van der Waals surface area contributed by atoms with Crippen molar-refractivity contribution in [2.45, 2.75) is 38.8 Å². The number of carbonyl (C=O) groups is 3. The number of ether oxygens (including phenoxy) is 5. The first-order chi connectivity index (χ1) is 14.0. The van der Waals surface area contributed by atoms with E-state index < -0.39 is 51.0 Å². The van der Waals surface area contributed by atoms with Crippen LogP contribution in [0, 0.1) is 3.57 Å². The van der Waals surface area contributed by atoms with Gasteiger partial charge < -0.3 is 0 Å². The molecule has 0 aliphatic heterocycles. The first-order valence-electron chi connectivity index (χ1n) is 8.95. The fourth-order valence-corrected chi connectivity index (χ4v) is 4.25. The fourth-order valence-electron chi connectivity index (χ4n) is 2.59. The van der Waals surface area contributed by atoms with Gasteiger partial charge in [0, 0.05) is 0 Å². The van der Waals surface area contributed by atoms with Gasteiger partial charge in [-0.25, -0.2) is 0 Å². The molecule has 0 saturated carbocycles. The van der Waals surface area contributed by atoms with Crippen LogP contribution in [0.1, 0.15) is 26.3 Å². The molecule has 1 aromatic carbocycles. The maximum absolute atomic E-state index is 12.7. The minimum atomic E-state index is -1.29. The van der Waals surface area contributed by atoms with Crippen LogP contribution in [0.3, 0.4) is 0 Å². The summed E-state index contributed by atoms with van der Waals surface area (Å²) in [5.74, 6) is 0.255. The van der Waals surface area contributed by atoms with E-state index in [1.807, 2.05) is 11.0 Å². The summed E-state index contributed by atoms with van der Waals surface area (Å²) in [6, 6.07) is 2.29. The minimum absolute atomic E-state index is 0.00423. The molecule has 0 bridgehead atoms. The summed E-state index contributed by atoms with van der Waals surface area (Å²) in [6.45, 7) is 4.96. The number of hydrogen-bond donors (Lipinski definition) is 0. The molecule has 1 rings (SSSR count). The van der Waals surface area contributed by atoms with Gasteiger partial charge in [-0.3, -0.25) is 0 Å². The van der Waals surface area contributed by atoms with Crippen molar-refractivity contribution in [1.29, 1.82) is 0 Å². The van der Waals surface area contributed by atoms with Crippen molar-refractivity contribution in [3.63, 3.8) is 0 Å². The number of esters is 1. The Morgan fingerprint density at radius 2 is 1.53 bits per heavy atom. The Hall–Kier alpha value is -2.24. The van der Waals surface area contributed by atoms with E-state index in [0.717, 1.165) is 16.2 Å². The molecule has 1 unspecified atom stereocenters. The van der Waals surface area contributed by atoms with Gasteiger partial charge in [-0.1, -0.05) is 0 Å². The first-order valence-corrected chi connectivity index (χ1v) is 12.2. The molecule has 0 aliphatic carbocycles. The number of alkyl halides is 1. The van der Waals surface area contributed by atoms with E-state index in [2.05, 4.69) is 0 Å². The molecule has 1 atom stereocenters. The molecule has 0 heterocycles. The van der Waals surface area contributed by atoms with Crippen molar-refractivity contribution in [2.24, 2.45) is 0 Å². The molecule has 1 aromatic rings. The molecule has 0 fully saturated rings. The summed E-state index contributed by atoms with van der Waals surface area (Å²) >= 11 is -0.426. The quantitative estimate of drug-likeness (QED) is 0.202. The number of carbonyl (C=O) groups excluding carboxylic acids is 3. The third-order valence-corrected chi connectivity index (χ3v) is 6.08. The predicted molar refractivity (Wildman–Crippen MR) is 104 cm³/mol. The summed E-state index contributed by atoms with van der Waals surface area (Å²) in [4.78, 5) is 40.5. The monoisotopic (exact) mass is 538 g/mol. The van der Waals surface area contributed by atoms with Gasteiger partial charge in [-0.15, -0.1) is 0 Å². The van der Waals surface area contributed by atoms with Crippen molar-refractivity contribution in [3.05, 3.63) is 21.3 Å². The molecule has 30 heavy (non-hydrogen) atoms. The molecule has 0 aliphatic rings. The molecule has 10 heteroatoms. The Morgan fingerprint density at radius 1 is 0.967 bits per heavy atom. The van der Waals surface area contributed by atoms with Crippen LogP contribution in [-0.2, 0) is 25.4 Å². The predicted octanol–water partition coefficient (Wildman–Crippen LogP) is -0.320. The molecule has 0 aromatic heterocycles. The number of halogens is 1. The number of benzene rings is 1. The van der Waals surface area contributed by atoms with Crippen LogP contribution in [-0.4, -0.2) is 68.1 Å². The van der Waals surface area contributed by atoms with Crippen molar-refractivity contribution in [3.8, 4) is 11.5 Å². The van der Waals surface area contributed by atoms with E-state index in [0.29, 0.717) is 16.4 Å². The van der Waals surface area contributed by atoms with Gasteiger partial charge in [0.1, 0.15) is 0 Å². The zero-order valence-electron chi connectivity index (χ0n) is 18.5. The molecule has 0 N–H and O–H groups in total. The molecule has 0 saturated heterocycles. The van der Waals surface area contributed by atoms with Gasteiger partial charge >= 0.3 is 187 Å². The number of methoxy groups -OCH3 is 4. The number of imide groups is 1. The first kappa shape index (κ1) is 25.8. The standard InChI is InChI=1S/C20H29INO8/c1-20(2,3)30-19(25)22(18(24)29-8)14(17(23)28-7)9-12-10-15(26-5)16(27-6)11-13(12)21-4/h10-11,14H,9H2,1-8H3/q-1. The van der Waals surface area contributed by atoms with Gasteiger partial charge in [0.15, 0.2) is 0 Å².